The molecule has 0 saturated carbocycles. The van der Waals surface area contributed by atoms with Crippen LogP contribution in [0.4, 0.5) is 45.5 Å². The fraction of sp³-hybridized carbons (Fsp3) is 0. The van der Waals surface area contributed by atoms with Gasteiger partial charge in [0.05, 0.1) is 33.1 Å². The molecule has 0 fully saturated rings. The number of carboxylic acid groups (broad SMARTS) is 1. The van der Waals surface area contributed by atoms with Crippen molar-refractivity contribution in [2.24, 2.45) is 30.7 Å². The van der Waals surface area contributed by atoms with E-state index in [9.17, 15) is 56.2 Å². The second kappa shape index (κ2) is 15.3. The van der Waals surface area contributed by atoms with Gasteiger partial charge in [-0.1, -0.05) is 36.4 Å². The molecule has 0 radical (unpaired) electrons. The van der Waals surface area contributed by atoms with Crippen LogP contribution in [-0.4, -0.2) is 52.2 Å². The van der Waals surface area contributed by atoms with E-state index in [1.807, 2.05) is 0 Å². The van der Waals surface area contributed by atoms with Crippen LogP contribution in [0, 0.1) is 10.1 Å². The number of fused-ring (bicyclic) bond motifs is 1. The van der Waals surface area contributed by atoms with Gasteiger partial charge in [-0.25, -0.2) is 4.79 Å². The molecule has 57 heavy (non-hydrogen) atoms. The standard InChI is InChI=1S/C35H24N8O12S2/c36-31-30-20(15-28(56(50,51)52)32(31)41-40-25-3-1-2-4-26(25)43(48)49)16-29(57(53,54)55)33(34(30)45)42-38-22-11-7-19(8-12-22)18-5-9-21(10-6-18)37-39-23-13-14-27(44)24(17-23)35(46)47/h1-17,44-45H,36H2,(H,46,47)(H,50,51,52)(H,53,54,55). The lowest BCUT2D eigenvalue weighted by molar-refractivity contribution is -0.384. The molecule has 22 heteroatoms. The average molecular weight is 813 g/mol. The van der Waals surface area contributed by atoms with E-state index in [2.05, 4.69) is 30.7 Å². The summed E-state index contributed by atoms with van der Waals surface area (Å²) in [5.74, 6) is -2.72. The Bertz CT molecular complexity index is 2940. The van der Waals surface area contributed by atoms with Gasteiger partial charge < -0.3 is 21.1 Å². The number of azo groups is 3. The van der Waals surface area contributed by atoms with Crippen LogP contribution in [0.5, 0.6) is 11.5 Å². The van der Waals surface area contributed by atoms with E-state index in [-0.39, 0.29) is 22.6 Å². The van der Waals surface area contributed by atoms with Crippen LogP contribution in [0.3, 0.4) is 0 Å². The van der Waals surface area contributed by atoms with Crippen molar-refractivity contribution in [3.8, 4) is 22.6 Å². The third-order valence-electron chi connectivity index (χ3n) is 8.03. The van der Waals surface area contributed by atoms with E-state index < -0.39 is 85.9 Å². The van der Waals surface area contributed by atoms with Crippen molar-refractivity contribution in [3.63, 3.8) is 0 Å². The zero-order valence-corrected chi connectivity index (χ0v) is 30.1. The smallest absolute Gasteiger partial charge is 0.339 e. The Hall–Kier alpha value is -7.53. The number of carbonyl (C=O) groups is 1. The lowest BCUT2D eigenvalue weighted by Crippen LogP contribution is -2.03. The van der Waals surface area contributed by atoms with Crippen LogP contribution >= 0.6 is 0 Å². The van der Waals surface area contributed by atoms with Gasteiger partial charge in [0.1, 0.15) is 32.5 Å². The van der Waals surface area contributed by atoms with Gasteiger partial charge in [-0.05, 0) is 77.2 Å². The second-order valence-corrected chi connectivity index (χ2v) is 14.5. The molecule has 0 heterocycles. The first-order valence-corrected chi connectivity index (χ1v) is 18.6. The minimum atomic E-state index is -5.18. The number of aromatic hydroxyl groups is 2. The molecule has 0 saturated heterocycles. The normalized spacial score (nSPS) is 12.2. The molecule has 7 N–H and O–H groups in total. The van der Waals surface area contributed by atoms with Crippen LogP contribution in [0.25, 0.3) is 21.9 Å². The fourth-order valence-corrected chi connectivity index (χ4v) is 6.66. The number of nitrogens with zero attached hydrogens (tertiary/aromatic N) is 7. The lowest BCUT2D eigenvalue weighted by Gasteiger charge is -2.14. The molecule has 6 aromatic carbocycles. The monoisotopic (exact) mass is 812 g/mol. The summed E-state index contributed by atoms with van der Waals surface area (Å²) in [6, 6.07) is 23.2. The Morgan fingerprint density at radius 1 is 0.649 bits per heavy atom. The van der Waals surface area contributed by atoms with Crippen molar-refractivity contribution >= 4 is 82.5 Å². The summed E-state index contributed by atoms with van der Waals surface area (Å²) in [6.45, 7) is 0. The number of phenols is 2. The number of anilines is 1. The predicted octanol–water partition coefficient (Wildman–Crippen LogP) is 8.85. The van der Waals surface area contributed by atoms with Gasteiger partial charge in [-0.3, -0.25) is 19.2 Å². The number of phenolic OH excluding ortho intramolecular Hbond substituents is 1. The van der Waals surface area contributed by atoms with Gasteiger partial charge in [-0.15, -0.1) is 15.3 Å². The second-order valence-electron chi connectivity index (χ2n) is 11.7. The van der Waals surface area contributed by atoms with Gasteiger partial charge in [0.2, 0.25) is 0 Å². The van der Waals surface area contributed by atoms with Crippen molar-refractivity contribution in [2.75, 3.05) is 5.73 Å². The maximum absolute atomic E-state index is 12.4. The van der Waals surface area contributed by atoms with Crippen molar-refractivity contribution in [1.29, 1.82) is 0 Å². The van der Waals surface area contributed by atoms with Crippen LogP contribution in [0.15, 0.2) is 144 Å². The summed E-state index contributed by atoms with van der Waals surface area (Å²) in [6.07, 6.45) is 0. The minimum absolute atomic E-state index is 0.147. The van der Waals surface area contributed by atoms with Crippen LogP contribution in [0.1, 0.15) is 10.4 Å². The number of aromatic carboxylic acids is 1. The first kappa shape index (κ1) is 39.2. The molecule has 6 rings (SSSR count). The Labute approximate surface area is 320 Å². The van der Waals surface area contributed by atoms with E-state index in [0.717, 1.165) is 17.7 Å². The summed E-state index contributed by atoms with van der Waals surface area (Å²) < 4.78 is 69.6. The highest BCUT2D eigenvalue weighted by Crippen LogP contribution is 2.48. The van der Waals surface area contributed by atoms with Crippen LogP contribution in [0.2, 0.25) is 0 Å². The molecule has 0 spiro atoms. The largest absolute Gasteiger partial charge is 0.507 e. The molecule has 6 aromatic rings. The van der Waals surface area contributed by atoms with E-state index >= 15 is 0 Å². The van der Waals surface area contributed by atoms with Gasteiger partial charge >= 0.3 is 5.97 Å². The zero-order valence-electron chi connectivity index (χ0n) is 28.4. The van der Waals surface area contributed by atoms with E-state index in [1.54, 1.807) is 36.4 Å². The van der Waals surface area contributed by atoms with E-state index in [0.29, 0.717) is 17.3 Å². The summed E-state index contributed by atoms with van der Waals surface area (Å²) in [5, 5.41) is 64.1. The summed E-state index contributed by atoms with van der Waals surface area (Å²) >= 11 is 0. The minimum Gasteiger partial charge on any atom is -0.507 e. The average Bonchev–Trinajstić information content (AvgIpc) is 3.16. The van der Waals surface area contributed by atoms with Crippen molar-refractivity contribution in [3.05, 3.63) is 119 Å². The van der Waals surface area contributed by atoms with Crippen LogP contribution < -0.4 is 5.73 Å². The maximum Gasteiger partial charge on any atom is 0.339 e. The first-order valence-electron chi connectivity index (χ1n) is 15.7. The number of nitro groups is 1. The SMILES string of the molecule is Nc1c(N=Nc2ccccc2[N+](=O)[O-])c(S(=O)(=O)O)cc2cc(S(=O)(=O)O)c(N=Nc3ccc(-c4ccc(N=Nc5ccc(O)c(C(=O)O)c5)cc4)cc3)c(O)c12. The third kappa shape index (κ3) is 8.42. The van der Waals surface area contributed by atoms with E-state index in [1.165, 1.54) is 48.5 Å². The lowest BCUT2D eigenvalue weighted by atomic mass is 10.0. The molecule has 20 nitrogen and oxygen atoms in total. The molecular weight excluding hydrogens is 789 g/mol. The first-order chi connectivity index (χ1) is 26.9. The number of rotatable bonds is 11. The molecule has 0 atom stereocenters. The number of para-hydroxylation sites is 1. The number of carboxylic acids is 1. The highest BCUT2D eigenvalue weighted by atomic mass is 32.2. The molecule has 0 aliphatic carbocycles. The number of nitrogens with two attached hydrogens (primary N) is 1. The summed E-state index contributed by atoms with van der Waals surface area (Å²) in [7, 11) is -10.4. The van der Waals surface area contributed by atoms with Gasteiger partial charge in [0.25, 0.3) is 25.9 Å². The highest BCUT2D eigenvalue weighted by molar-refractivity contribution is 7.86. The molecule has 288 valence electrons. The van der Waals surface area contributed by atoms with Crippen molar-refractivity contribution in [2.45, 2.75) is 9.79 Å². The number of nitrogen functional groups attached to an aromatic ring is 1. The topological polar surface area (TPSA) is 330 Å². The zero-order chi connectivity index (χ0) is 41.2. The Balaban J connectivity index is 1.33. The number of nitro benzene ring substituents is 1. The molecule has 0 aromatic heterocycles. The number of benzene rings is 6. The van der Waals surface area contributed by atoms with Crippen LogP contribution in [-0.2, 0) is 20.2 Å². The Morgan fingerprint density at radius 2 is 1.14 bits per heavy atom. The Morgan fingerprint density at radius 3 is 1.68 bits per heavy atom. The van der Waals surface area contributed by atoms with Gasteiger partial charge in [-0.2, -0.15) is 32.2 Å². The number of hydrogen-bond acceptors (Lipinski definition) is 16. The fourth-order valence-electron chi connectivity index (χ4n) is 5.33. The van der Waals surface area contributed by atoms with Crippen molar-refractivity contribution < 1.29 is 51.0 Å². The Kier molecular flexibility index (Phi) is 10.5. The predicted molar refractivity (Wildman–Crippen MR) is 202 cm³/mol. The summed E-state index contributed by atoms with van der Waals surface area (Å²) in [5.41, 5.74) is 5.04. The van der Waals surface area contributed by atoms with Gasteiger partial charge in [0, 0.05) is 6.07 Å². The molecule has 0 aliphatic rings. The molecule has 0 unspecified atom stereocenters. The van der Waals surface area contributed by atoms with Gasteiger partial charge in [0.15, 0.2) is 11.4 Å². The highest BCUT2D eigenvalue weighted by Gasteiger charge is 2.28. The molecular formula is C35H24N8O12S2. The molecule has 0 aliphatic heterocycles. The third-order valence-corrected chi connectivity index (χ3v) is 9.77. The quantitative estimate of drug-likeness (QED) is 0.0234. The molecule has 0 amide bonds. The summed E-state index contributed by atoms with van der Waals surface area (Å²) in [4.78, 5) is 19.9. The number of hydrogen-bond donors (Lipinski definition) is 6. The maximum atomic E-state index is 12.4. The molecule has 0 bridgehead atoms. The van der Waals surface area contributed by atoms with Crippen molar-refractivity contribution in [1.82, 2.24) is 0 Å². The van der Waals surface area contributed by atoms with E-state index in [4.69, 9.17) is 5.73 Å².